The fraction of sp³-hybridized carbons (Fsp3) is 0.333. The Labute approximate surface area is 107 Å². The number of carbonyl (C=O) groups excluding carboxylic acids is 1. The Kier molecular flexibility index (Phi) is 4.52. The molecule has 0 aromatic heterocycles. The van der Waals surface area contributed by atoms with Crippen molar-refractivity contribution in [1.82, 2.24) is 0 Å². The molecule has 0 atom stereocenters. The summed E-state index contributed by atoms with van der Waals surface area (Å²) in [7, 11) is 1.33. The first-order chi connectivity index (χ1) is 8.79. The quantitative estimate of drug-likeness (QED) is 0.522. The predicted molar refractivity (Wildman–Crippen MR) is 61.7 cm³/mol. The lowest BCUT2D eigenvalue weighted by Gasteiger charge is -2.11. The third-order valence-electron chi connectivity index (χ3n) is 2.43. The molecule has 4 nitrogen and oxygen atoms in total. The molecular weight excluding hydrogens is 263 g/mol. The number of ketones is 1. The summed E-state index contributed by atoms with van der Waals surface area (Å²) in [6, 6.07) is 4.69. The van der Waals surface area contributed by atoms with Crippen LogP contribution in [0.25, 0.3) is 0 Å². The molecule has 104 valence electrons. The highest BCUT2D eigenvalue weighted by molar-refractivity contribution is 6.13. The van der Waals surface area contributed by atoms with Gasteiger partial charge in [-0.2, -0.15) is 13.2 Å². The Morgan fingerprint density at radius 3 is 2.53 bits per heavy atom. The van der Waals surface area contributed by atoms with Crippen molar-refractivity contribution in [3.63, 3.8) is 0 Å². The minimum atomic E-state index is -4.97. The number of methoxy groups -OCH3 is 1. The molecule has 7 heteroatoms. The molecule has 0 unspecified atom stereocenters. The molecule has 0 saturated carbocycles. The van der Waals surface area contributed by atoms with E-state index in [1.165, 1.54) is 19.2 Å². The summed E-state index contributed by atoms with van der Waals surface area (Å²) in [4.78, 5) is 10.9. The van der Waals surface area contributed by atoms with Crippen LogP contribution in [0, 0.1) is 6.92 Å². The maximum Gasteiger partial charge on any atom is 0.450 e. The number of aryl methyl sites for hydroxylation is 1. The van der Waals surface area contributed by atoms with E-state index in [0.29, 0.717) is 0 Å². The molecule has 0 saturated heterocycles. The zero-order valence-corrected chi connectivity index (χ0v) is 10.3. The van der Waals surface area contributed by atoms with Gasteiger partial charge in [0.1, 0.15) is 5.75 Å². The summed E-state index contributed by atoms with van der Waals surface area (Å²) in [6.07, 6.45) is -6.01. The third-order valence-corrected chi connectivity index (χ3v) is 2.43. The Morgan fingerprint density at radius 2 is 2.05 bits per heavy atom. The molecule has 1 N–H and O–H groups in total. The number of oxime groups is 1. The number of Topliss-reactive ketones (excluding diaryl/α,β-unsaturated/α-hetero) is 1. The van der Waals surface area contributed by atoms with Gasteiger partial charge in [-0.25, -0.2) is 0 Å². The van der Waals surface area contributed by atoms with Gasteiger partial charge in [-0.15, -0.1) is 0 Å². The maximum atomic E-state index is 12.2. The van der Waals surface area contributed by atoms with E-state index < -0.39 is 18.4 Å². The van der Waals surface area contributed by atoms with Gasteiger partial charge in [0.15, 0.2) is 0 Å². The lowest BCUT2D eigenvalue weighted by atomic mass is 10.0. The molecule has 0 heterocycles. The van der Waals surface area contributed by atoms with Gasteiger partial charge in [0, 0.05) is 5.56 Å². The van der Waals surface area contributed by atoms with Crippen molar-refractivity contribution in [2.24, 2.45) is 5.16 Å². The smallest absolute Gasteiger partial charge is 0.450 e. The Bertz CT molecular complexity index is 509. The molecule has 0 radical (unpaired) electrons. The first-order valence-electron chi connectivity index (χ1n) is 5.25. The SMILES string of the molecule is COc1ccc(C)cc1/C(CC(=O)C(F)(F)F)=N/O. The van der Waals surface area contributed by atoms with Gasteiger partial charge >= 0.3 is 6.18 Å². The van der Waals surface area contributed by atoms with Gasteiger partial charge in [0.2, 0.25) is 5.78 Å². The van der Waals surface area contributed by atoms with Crippen molar-refractivity contribution in [2.75, 3.05) is 7.11 Å². The summed E-state index contributed by atoms with van der Waals surface area (Å²) in [5.41, 5.74) is 0.502. The number of rotatable bonds is 4. The lowest BCUT2D eigenvalue weighted by molar-refractivity contribution is -0.169. The van der Waals surface area contributed by atoms with Gasteiger partial charge in [-0.05, 0) is 19.1 Å². The second-order valence-corrected chi connectivity index (χ2v) is 3.85. The minimum absolute atomic E-state index is 0.155. The molecular formula is C12H12F3NO3. The van der Waals surface area contributed by atoms with Crippen molar-refractivity contribution in [3.8, 4) is 5.75 Å². The second kappa shape index (κ2) is 5.73. The van der Waals surface area contributed by atoms with Gasteiger partial charge in [-0.1, -0.05) is 16.8 Å². The van der Waals surface area contributed by atoms with Crippen molar-refractivity contribution >= 4 is 11.5 Å². The first-order valence-corrected chi connectivity index (χ1v) is 5.25. The molecule has 0 aliphatic rings. The zero-order chi connectivity index (χ0) is 14.6. The summed E-state index contributed by atoms with van der Waals surface area (Å²) in [5, 5.41) is 11.6. The highest BCUT2D eigenvalue weighted by Gasteiger charge is 2.39. The van der Waals surface area contributed by atoms with E-state index in [-0.39, 0.29) is 17.0 Å². The molecule has 0 fully saturated rings. The monoisotopic (exact) mass is 275 g/mol. The van der Waals surface area contributed by atoms with Crippen LogP contribution in [-0.4, -0.2) is 30.0 Å². The van der Waals surface area contributed by atoms with E-state index in [9.17, 15) is 18.0 Å². The number of nitrogens with zero attached hydrogens (tertiary/aromatic N) is 1. The van der Waals surface area contributed by atoms with E-state index in [2.05, 4.69) is 5.16 Å². The molecule has 1 aromatic carbocycles. The van der Waals surface area contributed by atoms with Crippen molar-refractivity contribution < 1.29 is 27.9 Å². The van der Waals surface area contributed by atoms with E-state index in [1.54, 1.807) is 13.0 Å². The molecule has 0 bridgehead atoms. The molecule has 0 spiro atoms. The molecule has 1 aromatic rings. The predicted octanol–water partition coefficient (Wildman–Crippen LogP) is 2.70. The number of ether oxygens (including phenoxy) is 1. The molecule has 19 heavy (non-hydrogen) atoms. The van der Waals surface area contributed by atoms with Crippen LogP contribution in [0.4, 0.5) is 13.2 Å². The number of benzene rings is 1. The number of halogens is 3. The second-order valence-electron chi connectivity index (χ2n) is 3.85. The number of carbonyl (C=O) groups is 1. The van der Waals surface area contributed by atoms with E-state index in [4.69, 9.17) is 9.94 Å². The van der Waals surface area contributed by atoms with Gasteiger partial charge in [0.25, 0.3) is 0 Å². The summed E-state index contributed by atoms with van der Waals surface area (Å²) in [5.74, 6) is -1.75. The highest BCUT2D eigenvalue weighted by Crippen LogP contribution is 2.24. The number of hydrogen-bond acceptors (Lipinski definition) is 4. The van der Waals surface area contributed by atoms with Crippen molar-refractivity contribution in [1.29, 1.82) is 0 Å². The van der Waals surface area contributed by atoms with Crippen LogP contribution in [-0.2, 0) is 4.79 Å². The maximum absolute atomic E-state index is 12.2. The van der Waals surface area contributed by atoms with Crippen LogP contribution >= 0.6 is 0 Å². The molecule has 0 aliphatic heterocycles. The number of hydrogen-bond donors (Lipinski definition) is 1. The molecule has 0 aliphatic carbocycles. The van der Waals surface area contributed by atoms with Crippen LogP contribution in [0.3, 0.4) is 0 Å². The highest BCUT2D eigenvalue weighted by atomic mass is 19.4. The fourth-order valence-corrected chi connectivity index (χ4v) is 1.48. The zero-order valence-electron chi connectivity index (χ0n) is 10.3. The lowest BCUT2D eigenvalue weighted by Crippen LogP contribution is -2.25. The topological polar surface area (TPSA) is 58.9 Å². The molecule has 1 rings (SSSR count). The van der Waals surface area contributed by atoms with E-state index in [0.717, 1.165) is 5.56 Å². The standard InChI is InChI=1S/C12H12F3NO3/c1-7-3-4-10(19-2)8(5-7)9(16-18)6-11(17)12(13,14)15/h3-5,18H,6H2,1-2H3/b16-9+. The normalized spacial score (nSPS) is 12.4. The van der Waals surface area contributed by atoms with Crippen LogP contribution < -0.4 is 4.74 Å². The Balaban J connectivity index is 3.12. The van der Waals surface area contributed by atoms with Crippen molar-refractivity contribution in [2.45, 2.75) is 19.5 Å². The summed E-state index contributed by atoms with van der Waals surface area (Å²) >= 11 is 0. The summed E-state index contributed by atoms with van der Waals surface area (Å²) in [6.45, 7) is 1.71. The van der Waals surface area contributed by atoms with Crippen molar-refractivity contribution in [3.05, 3.63) is 29.3 Å². The fourth-order valence-electron chi connectivity index (χ4n) is 1.48. The number of alkyl halides is 3. The average molecular weight is 275 g/mol. The first kappa shape index (κ1) is 15.0. The van der Waals surface area contributed by atoms with Gasteiger partial charge in [0.05, 0.1) is 19.2 Å². The largest absolute Gasteiger partial charge is 0.496 e. The van der Waals surface area contributed by atoms with Gasteiger partial charge < -0.3 is 9.94 Å². The van der Waals surface area contributed by atoms with Crippen LogP contribution in [0.1, 0.15) is 17.5 Å². The van der Waals surface area contributed by atoms with E-state index in [1.807, 2.05) is 0 Å². The van der Waals surface area contributed by atoms with E-state index >= 15 is 0 Å². The van der Waals surface area contributed by atoms with Gasteiger partial charge in [-0.3, -0.25) is 4.79 Å². The van der Waals surface area contributed by atoms with Crippen LogP contribution in [0.2, 0.25) is 0 Å². The van der Waals surface area contributed by atoms with Crippen LogP contribution in [0.15, 0.2) is 23.4 Å². The average Bonchev–Trinajstić information content (AvgIpc) is 2.34. The summed E-state index contributed by atoms with van der Waals surface area (Å²) < 4.78 is 41.6. The van der Waals surface area contributed by atoms with Crippen LogP contribution in [0.5, 0.6) is 5.75 Å². The Morgan fingerprint density at radius 1 is 1.42 bits per heavy atom. The Hall–Kier alpha value is -2.05. The minimum Gasteiger partial charge on any atom is -0.496 e. The third kappa shape index (κ3) is 3.70. The molecule has 0 amide bonds.